The van der Waals surface area contributed by atoms with Crippen LogP contribution in [0.2, 0.25) is 5.02 Å². The molecule has 10 heteroatoms. The first-order valence-corrected chi connectivity index (χ1v) is 11.3. The quantitative estimate of drug-likeness (QED) is 0.281. The van der Waals surface area contributed by atoms with Crippen molar-refractivity contribution >= 4 is 39.9 Å². The molecule has 37 heavy (non-hydrogen) atoms. The zero-order valence-corrected chi connectivity index (χ0v) is 19.8. The van der Waals surface area contributed by atoms with Crippen LogP contribution in [0.1, 0.15) is 27.7 Å². The van der Waals surface area contributed by atoms with E-state index < -0.39 is 35.6 Å². The van der Waals surface area contributed by atoms with Crippen molar-refractivity contribution in [3.63, 3.8) is 0 Å². The number of furan rings is 1. The van der Waals surface area contributed by atoms with Crippen LogP contribution in [-0.2, 0) is 4.79 Å². The monoisotopic (exact) mass is 527 g/mol. The number of aryl methyl sites for hydroxylation is 1. The van der Waals surface area contributed by atoms with Crippen LogP contribution in [-0.4, -0.2) is 23.2 Å². The van der Waals surface area contributed by atoms with Gasteiger partial charge in [0.2, 0.25) is 5.78 Å². The number of amides is 1. The Morgan fingerprint density at radius 3 is 2.46 bits per heavy atom. The summed E-state index contributed by atoms with van der Waals surface area (Å²) >= 11 is 6.03. The molecule has 0 saturated carbocycles. The third-order valence-electron chi connectivity index (χ3n) is 5.86. The first-order chi connectivity index (χ1) is 17.5. The van der Waals surface area contributed by atoms with E-state index >= 15 is 0 Å². The Morgan fingerprint density at radius 2 is 1.78 bits per heavy atom. The van der Waals surface area contributed by atoms with Crippen molar-refractivity contribution in [3.05, 3.63) is 106 Å². The highest BCUT2D eigenvalue weighted by Crippen LogP contribution is 2.43. The zero-order valence-electron chi connectivity index (χ0n) is 19.0. The number of carbonyl (C=O) groups excluding carboxylic acids is 2. The number of nitrogens with zero attached hydrogens (tertiary/aromatic N) is 1. The molecule has 1 aromatic heterocycles. The fraction of sp³-hybridized carbons (Fsp3) is 0.111. The van der Waals surface area contributed by atoms with E-state index in [4.69, 9.17) is 16.0 Å². The van der Waals surface area contributed by atoms with Gasteiger partial charge in [-0.25, -0.2) is 0 Å². The van der Waals surface area contributed by atoms with Gasteiger partial charge in [0.05, 0.1) is 11.6 Å². The summed E-state index contributed by atoms with van der Waals surface area (Å²) in [5.41, 5.74) is 1.65. The molecule has 1 atom stereocenters. The average Bonchev–Trinajstić information content (AvgIpc) is 3.37. The zero-order chi connectivity index (χ0) is 26.5. The number of anilines is 1. The van der Waals surface area contributed by atoms with Crippen LogP contribution in [0.5, 0.6) is 5.75 Å². The summed E-state index contributed by atoms with van der Waals surface area (Å²) in [5.74, 6) is -2.99. The van der Waals surface area contributed by atoms with Crippen LogP contribution in [0.15, 0.2) is 88.5 Å². The minimum absolute atomic E-state index is 0.111. The maximum atomic E-state index is 13.6. The number of rotatable bonds is 5. The van der Waals surface area contributed by atoms with E-state index in [9.17, 15) is 27.9 Å². The highest BCUT2D eigenvalue weighted by Gasteiger charge is 2.45. The first kappa shape index (κ1) is 24.5. The number of benzene rings is 3. The van der Waals surface area contributed by atoms with Gasteiger partial charge in [0.25, 0.3) is 5.91 Å². The van der Waals surface area contributed by atoms with Crippen LogP contribution in [0.3, 0.4) is 0 Å². The van der Waals surface area contributed by atoms with Gasteiger partial charge in [-0.2, -0.15) is 0 Å². The summed E-state index contributed by atoms with van der Waals surface area (Å²) < 4.78 is 47.4. The molecule has 4 aromatic rings. The van der Waals surface area contributed by atoms with E-state index in [1.807, 2.05) is 13.0 Å². The number of carbonyl (C=O) groups is 2. The van der Waals surface area contributed by atoms with Gasteiger partial charge in [0.15, 0.2) is 11.5 Å². The predicted octanol–water partition coefficient (Wildman–Crippen LogP) is 7.08. The van der Waals surface area contributed by atoms with Gasteiger partial charge in [-0.3, -0.25) is 14.5 Å². The number of ether oxygens (including phenoxy) is 1. The Morgan fingerprint density at radius 1 is 1.05 bits per heavy atom. The van der Waals surface area contributed by atoms with Gasteiger partial charge >= 0.3 is 6.36 Å². The van der Waals surface area contributed by atoms with Crippen molar-refractivity contribution in [1.29, 1.82) is 0 Å². The van der Waals surface area contributed by atoms with Crippen molar-refractivity contribution < 1.29 is 37.0 Å². The summed E-state index contributed by atoms with van der Waals surface area (Å²) in [6.07, 6.45) is -4.88. The van der Waals surface area contributed by atoms with E-state index in [1.54, 1.807) is 36.4 Å². The van der Waals surface area contributed by atoms with Crippen LogP contribution in [0.25, 0.3) is 11.0 Å². The lowest BCUT2D eigenvalue weighted by molar-refractivity contribution is -0.274. The maximum Gasteiger partial charge on any atom is 0.573 e. The van der Waals surface area contributed by atoms with Crippen molar-refractivity contribution in [3.8, 4) is 5.75 Å². The van der Waals surface area contributed by atoms with Crippen molar-refractivity contribution in [2.24, 2.45) is 0 Å². The predicted molar refractivity (Wildman–Crippen MR) is 130 cm³/mol. The van der Waals surface area contributed by atoms with Gasteiger partial charge in [-0.15, -0.1) is 13.2 Å². The number of fused-ring (bicyclic) bond motifs is 1. The Balaban J connectivity index is 1.60. The number of aliphatic hydroxyl groups excluding tert-OH is 1. The van der Waals surface area contributed by atoms with E-state index in [0.29, 0.717) is 21.6 Å². The maximum absolute atomic E-state index is 13.6. The molecule has 3 aromatic carbocycles. The van der Waals surface area contributed by atoms with Crippen molar-refractivity contribution in [1.82, 2.24) is 0 Å². The molecule has 1 unspecified atom stereocenters. The topological polar surface area (TPSA) is 80.0 Å². The molecule has 0 saturated heterocycles. The van der Waals surface area contributed by atoms with E-state index in [1.165, 1.54) is 18.2 Å². The third kappa shape index (κ3) is 4.65. The average molecular weight is 528 g/mol. The lowest BCUT2D eigenvalue weighted by Crippen LogP contribution is -2.31. The molecule has 0 spiro atoms. The van der Waals surface area contributed by atoms with Gasteiger partial charge < -0.3 is 14.3 Å². The summed E-state index contributed by atoms with van der Waals surface area (Å²) in [4.78, 5) is 28.1. The Bertz CT molecular complexity index is 1570. The molecular formula is C27H17ClF3NO5. The van der Waals surface area contributed by atoms with Gasteiger partial charge in [0, 0.05) is 16.1 Å². The van der Waals surface area contributed by atoms with Crippen LogP contribution >= 0.6 is 11.6 Å². The standard InChI is InChI=1S/C27H17ClF3NO5/c1-14-3-2-4-15(11-14)23-22(24(33)21-13-16-12-17(28)5-10-20(16)36-21)25(34)26(35)32(23)18-6-8-19(9-7-18)37-27(29,30)31/h2-13,23,34H,1H3. The second-order valence-corrected chi connectivity index (χ2v) is 8.85. The van der Waals surface area contributed by atoms with Crippen LogP contribution in [0.4, 0.5) is 18.9 Å². The molecule has 1 N–H and O–H groups in total. The Kier molecular flexibility index (Phi) is 5.95. The fourth-order valence-corrected chi connectivity index (χ4v) is 4.51. The van der Waals surface area contributed by atoms with E-state index in [-0.39, 0.29) is 17.0 Å². The number of Topliss-reactive ketones (excluding diaryl/α,β-unsaturated/α-hetero) is 1. The largest absolute Gasteiger partial charge is 0.573 e. The van der Waals surface area contributed by atoms with Gasteiger partial charge in [0.1, 0.15) is 11.3 Å². The van der Waals surface area contributed by atoms with Gasteiger partial charge in [-0.05, 0) is 61.0 Å². The molecule has 0 bridgehead atoms. The normalized spacial score (nSPS) is 16.1. The second kappa shape index (κ2) is 9.01. The molecule has 1 aliphatic heterocycles. The molecule has 0 aliphatic carbocycles. The fourth-order valence-electron chi connectivity index (χ4n) is 4.33. The number of aliphatic hydroxyl groups is 1. The lowest BCUT2D eigenvalue weighted by Gasteiger charge is -2.27. The van der Waals surface area contributed by atoms with Crippen LogP contribution < -0.4 is 9.64 Å². The lowest BCUT2D eigenvalue weighted by atomic mass is 9.94. The molecule has 5 rings (SSSR count). The molecule has 1 amide bonds. The molecule has 1 aliphatic rings. The molecule has 2 heterocycles. The Labute approximate surface area is 213 Å². The summed E-state index contributed by atoms with van der Waals surface area (Å²) in [5, 5.41) is 11.9. The summed E-state index contributed by atoms with van der Waals surface area (Å²) in [6.45, 7) is 1.82. The van der Waals surface area contributed by atoms with Crippen molar-refractivity contribution in [2.45, 2.75) is 19.3 Å². The molecule has 188 valence electrons. The number of ketones is 1. The molecule has 6 nitrogen and oxygen atoms in total. The third-order valence-corrected chi connectivity index (χ3v) is 6.10. The second-order valence-electron chi connectivity index (χ2n) is 8.42. The molecular weight excluding hydrogens is 511 g/mol. The smallest absolute Gasteiger partial charge is 0.503 e. The highest BCUT2D eigenvalue weighted by molar-refractivity contribution is 6.31. The summed E-state index contributed by atoms with van der Waals surface area (Å²) in [6, 6.07) is 16.7. The summed E-state index contributed by atoms with van der Waals surface area (Å²) in [7, 11) is 0. The number of alkyl halides is 3. The van der Waals surface area contributed by atoms with E-state index in [0.717, 1.165) is 22.6 Å². The molecule has 0 fully saturated rings. The first-order valence-electron chi connectivity index (χ1n) is 10.9. The minimum atomic E-state index is -4.88. The SMILES string of the molecule is Cc1cccc(C2C(C(=O)c3cc4cc(Cl)ccc4o3)=C(O)C(=O)N2c2ccc(OC(F)(F)F)cc2)c1. The van der Waals surface area contributed by atoms with Crippen molar-refractivity contribution in [2.75, 3.05) is 4.90 Å². The number of halogens is 4. The van der Waals surface area contributed by atoms with E-state index in [2.05, 4.69) is 4.74 Å². The number of hydrogen-bond acceptors (Lipinski definition) is 5. The van der Waals surface area contributed by atoms with Crippen LogP contribution in [0, 0.1) is 6.92 Å². The minimum Gasteiger partial charge on any atom is -0.503 e. The highest BCUT2D eigenvalue weighted by atomic mass is 35.5. The molecule has 0 radical (unpaired) electrons. The Hall–Kier alpha value is -4.24. The van der Waals surface area contributed by atoms with Gasteiger partial charge in [-0.1, -0.05) is 41.4 Å². The number of hydrogen-bond donors (Lipinski definition) is 1.